The van der Waals surface area contributed by atoms with E-state index in [0.29, 0.717) is 0 Å². The second-order valence-corrected chi connectivity index (χ2v) is 3.45. The maximum Gasteiger partial charge on any atom is 0.263 e. The van der Waals surface area contributed by atoms with Crippen molar-refractivity contribution in [1.29, 1.82) is 0 Å². The highest BCUT2D eigenvalue weighted by molar-refractivity contribution is 6.10. The summed E-state index contributed by atoms with van der Waals surface area (Å²) in [5.41, 5.74) is 2.55. The molecule has 0 radical (unpaired) electrons. The summed E-state index contributed by atoms with van der Waals surface area (Å²) < 4.78 is 6.86. The molecule has 0 N–H and O–H groups in total. The number of benzene rings is 1. The summed E-state index contributed by atoms with van der Waals surface area (Å²) in [5, 5.41) is 0. The van der Waals surface area contributed by atoms with E-state index in [4.69, 9.17) is 4.74 Å². The maximum absolute atomic E-state index is 11.9. The Bertz CT molecular complexity index is 554. The molecule has 0 aliphatic carbocycles. The molecule has 0 amide bonds. The van der Waals surface area contributed by atoms with Gasteiger partial charge in [-0.05, 0) is 12.1 Å². The minimum Gasteiger partial charge on any atom is -0.494 e. The second-order valence-electron chi connectivity index (χ2n) is 3.45. The fourth-order valence-electron chi connectivity index (χ4n) is 2.02. The highest BCUT2D eigenvalue weighted by Crippen LogP contribution is 2.38. The van der Waals surface area contributed by atoms with Gasteiger partial charge >= 0.3 is 0 Å². The van der Waals surface area contributed by atoms with Gasteiger partial charge in [-0.15, -0.1) is 0 Å². The number of carbonyl (C=O) groups excluding carboxylic acids is 1. The topological polar surface area (TPSA) is 31.2 Å². The molecule has 3 nitrogen and oxygen atoms in total. The Balaban J connectivity index is 2.37. The van der Waals surface area contributed by atoms with Crippen molar-refractivity contribution >= 4 is 5.91 Å². The van der Waals surface area contributed by atoms with Crippen LogP contribution in [0, 0.1) is 0 Å². The first-order valence-corrected chi connectivity index (χ1v) is 4.72. The molecule has 2 aromatic rings. The van der Waals surface area contributed by atoms with Crippen LogP contribution in [0.2, 0.25) is 0 Å². The number of carbonyl (C=O) groups is 1. The lowest BCUT2D eigenvalue weighted by Crippen LogP contribution is -2.03. The van der Waals surface area contributed by atoms with Gasteiger partial charge in [0.25, 0.3) is 5.91 Å². The molecule has 0 saturated carbocycles. The minimum atomic E-state index is 0.0175. The van der Waals surface area contributed by atoms with Gasteiger partial charge in [0.2, 0.25) is 0 Å². The summed E-state index contributed by atoms with van der Waals surface area (Å²) in [7, 11) is 1.61. The molecule has 1 aliphatic heterocycles. The van der Waals surface area contributed by atoms with Gasteiger partial charge < -0.3 is 4.74 Å². The molecule has 3 rings (SSSR count). The van der Waals surface area contributed by atoms with Gasteiger partial charge in [0.1, 0.15) is 5.75 Å². The third-order valence-electron chi connectivity index (χ3n) is 2.70. The van der Waals surface area contributed by atoms with Crippen LogP contribution in [-0.4, -0.2) is 17.6 Å². The van der Waals surface area contributed by atoms with Gasteiger partial charge in [0.15, 0.2) is 0 Å². The van der Waals surface area contributed by atoms with E-state index in [-0.39, 0.29) is 5.91 Å². The van der Waals surface area contributed by atoms with E-state index in [2.05, 4.69) is 0 Å². The summed E-state index contributed by atoms with van der Waals surface area (Å²) in [4.78, 5) is 11.9. The van der Waals surface area contributed by atoms with Crippen LogP contribution in [0.4, 0.5) is 0 Å². The van der Waals surface area contributed by atoms with E-state index in [9.17, 15) is 4.79 Å². The zero-order valence-corrected chi connectivity index (χ0v) is 8.23. The highest BCUT2D eigenvalue weighted by atomic mass is 16.5. The van der Waals surface area contributed by atoms with Crippen molar-refractivity contribution in [2.24, 2.45) is 0 Å². The summed E-state index contributed by atoms with van der Waals surface area (Å²) in [6, 6.07) is 9.38. The number of nitrogens with zero attached hydrogens (tertiary/aromatic N) is 1. The minimum absolute atomic E-state index is 0.0175. The van der Waals surface area contributed by atoms with E-state index in [0.717, 1.165) is 22.6 Å². The molecule has 2 heterocycles. The lowest BCUT2D eigenvalue weighted by molar-refractivity contribution is 0.0969. The van der Waals surface area contributed by atoms with Crippen molar-refractivity contribution in [1.82, 2.24) is 4.57 Å². The fraction of sp³-hybridized carbons (Fsp3) is 0.0833. The fourth-order valence-corrected chi connectivity index (χ4v) is 2.02. The predicted octanol–water partition coefficient (Wildman–Crippen LogP) is 2.17. The van der Waals surface area contributed by atoms with Crippen molar-refractivity contribution in [3.63, 3.8) is 0 Å². The van der Waals surface area contributed by atoms with Crippen LogP contribution in [0.1, 0.15) is 10.4 Å². The quantitative estimate of drug-likeness (QED) is 0.601. The van der Waals surface area contributed by atoms with Crippen molar-refractivity contribution < 1.29 is 9.53 Å². The third-order valence-corrected chi connectivity index (χ3v) is 2.70. The average molecular weight is 199 g/mol. The summed E-state index contributed by atoms with van der Waals surface area (Å²) in [5.74, 6) is 0.761. The standard InChI is InChI=1S/C12H9NO2/c1-15-10-6-7-13-11(10)8-4-2-3-5-9(8)12(13)14/h2-7H,1H3. The van der Waals surface area contributed by atoms with Crippen LogP contribution in [0.3, 0.4) is 0 Å². The number of hydrogen-bond acceptors (Lipinski definition) is 2. The van der Waals surface area contributed by atoms with Crippen LogP contribution in [0.15, 0.2) is 36.5 Å². The molecule has 0 spiro atoms. The van der Waals surface area contributed by atoms with Gasteiger partial charge in [0, 0.05) is 17.3 Å². The highest BCUT2D eigenvalue weighted by Gasteiger charge is 2.28. The third kappa shape index (κ3) is 0.920. The van der Waals surface area contributed by atoms with E-state index in [1.54, 1.807) is 17.9 Å². The van der Waals surface area contributed by atoms with E-state index < -0.39 is 0 Å². The Kier molecular flexibility index (Phi) is 1.51. The van der Waals surface area contributed by atoms with E-state index in [1.165, 1.54) is 0 Å². The second kappa shape index (κ2) is 2.73. The molecule has 0 atom stereocenters. The Morgan fingerprint density at radius 1 is 1.13 bits per heavy atom. The lowest BCUT2D eigenvalue weighted by atomic mass is 10.1. The monoisotopic (exact) mass is 199 g/mol. The zero-order valence-electron chi connectivity index (χ0n) is 8.23. The Morgan fingerprint density at radius 3 is 2.60 bits per heavy atom. The number of aromatic nitrogens is 1. The molecule has 0 fully saturated rings. The molecule has 1 aromatic heterocycles. The Hall–Kier alpha value is -2.03. The average Bonchev–Trinajstić information content (AvgIpc) is 2.81. The van der Waals surface area contributed by atoms with E-state index >= 15 is 0 Å². The molecule has 0 saturated heterocycles. The largest absolute Gasteiger partial charge is 0.494 e. The molecule has 1 aromatic carbocycles. The zero-order chi connectivity index (χ0) is 10.4. The van der Waals surface area contributed by atoms with Gasteiger partial charge in [-0.1, -0.05) is 18.2 Å². The van der Waals surface area contributed by atoms with Gasteiger partial charge in [-0.3, -0.25) is 9.36 Å². The van der Waals surface area contributed by atoms with Gasteiger partial charge in [-0.25, -0.2) is 0 Å². The summed E-state index contributed by atoms with van der Waals surface area (Å²) in [6.07, 6.45) is 1.75. The van der Waals surface area contributed by atoms with Crippen molar-refractivity contribution in [2.75, 3.05) is 7.11 Å². The first-order chi connectivity index (χ1) is 7.33. The Morgan fingerprint density at radius 2 is 1.87 bits per heavy atom. The first kappa shape index (κ1) is 8.29. The smallest absolute Gasteiger partial charge is 0.263 e. The van der Waals surface area contributed by atoms with Gasteiger partial charge in [0.05, 0.1) is 12.8 Å². The van der Waals surface area contributed by atoms with Crippen LogP contribution < -0.4 is 4.74 Å². The normalized spacial score (nSPS) is 12.5. The number of rotatable bonds is 1. The SMILES string of the molecule is COc1ccn2c1-c1ccccc1C2=O. The van der Waals surface area contributed by atoms with Crippen LogP contribution in [0.5, 0.6) is 5.75 Å². The Labute approximate surface area is 86.9 Å². The van der Waals surface area contributed by atoms with Crippen molar-refractivity contribution in [3.05, 3.63) is 42.1 Å². The number of ether oxygens (including phenoxy) is 1. The van der Waals surface area contributed by atoms with Crippen LogP contribution in [0.25, 0.3) is 11.3 Å². The molecular formula is C12H9NO2. The molecular weight excluding hydrogens is 190 g/mol. The first-order valence-electron chi connectivity index (χ1n) is 4.72. The van der Waals surface area contributed by atoms with Crippen molar-refractivity contribution in [3.8, 4) is 17.0 Å². The molecule has 15 heavy (non-hydrogen) atoms. The maximum atomic E-state index is 11.9. The molecule has 1 aliphatic rings. The summed E-state index contributed by atoms with van der Waals surface area (Å²) >= 11 is 0. The number of hydrogen-bond donors (Lipinski definition) is 0. The number of methoxy groups -OCH3 is 1. The van der Waals surface area contributed by atoms with Crippen LogP contribution >= 0.6 is 0 Å². The number of fused-ring (bicyclic) bond motifs is 3. The van der Waals surface area contributed by atoms with Crippen molar-refractivity contribution in [2.45, 2.75) is 0 Å². The summed E-state index contributed by atoms with van der Waals surface area (Å²) in [6.45, 7) is 0. The van der Waals surface area contributed by atoms with Crippen LogP contribution in [-0.2, 0) is 0 Å². The predicted molar refractivity (Wildman–Crippen MR) is 56.1 cm³/mol. The molecule has 0 bridgehead atoms. The molecule has 0 unspecified atom stereocenters. The van der Waals surface area contributed by atoms with E-state index in [1.807, 2.05) is 30.3 Å². The molecule has 74 valence electrons. The van der Waals surface area contributed by atoms with Gasteiger partial charge in [-0.2, -0.15) is 0 Å². The lowest BCUT2D eigenvalue weighted by Gasteiger charge is -2.00. The molecule has 3 heteroatoms.